The quantitative estimate of drug-likeness (QED) is 0.0995. The maximum absolute atomic E-state index is 10.6. The van der Waals surface area contributed by atoms with E-state index in [0.29, 0.717) is 52.4 Å². The van der Waals surface area contributed by atoms with E-state index in [1.165, 1.54) is 0 Å². The van der Waals surface area contributed by atoms with Crippen molar-refractivity contribution in [1.29, 1.82) is 0 Å². The number of likely N-dealkylation sites (N-methyl/N-ethyl adjacent to an activating group) is 4. The van der Waals surface area contributed by atoms with Crippen molar-refractivity contribution in [3.05, 3.63) is 95.2 Å². The molecular formula is C40H52N8O8Ru. The Morgan fingerprint density at radius 2 is 0.632 bits per heavy atom. The topological polar surface area (TPSA) is 258 Å². The molecule has 0 aromatic heterocycles. The molecule has 0 radical (unpaired) electrons. The molecule has 308 valence electrons. The Kier molecular flexibility index (Phi) is 28.4. The van der Waals surface area contributed by atoms with Crippen LogP contribution in [0.1, 0.15) is 53.4 Å². The molecule has 0 saturated carbocycles. The second kappa shape index (κ2) is 31.5. The molecule has 0 aromatic rings. The smallest absolute Gasteiger partial charge is 0.542 e. The van der Waals surface area contributed by atoms with Crippen molar-refractivity contribution in [2.45, 2.75) is 53.4 Å². The van der Waals surface area contributed by atoms with E-state index in [0.717, 1.165) is 48.0 Å². The number of aliphatic imine (C=N–C) groups is 4. The minimum atomic E-state index is -1.25. The molecule has 0 aliphatic heterocycles. The van der Waals surface area contributed by atoms with Gasteiger partial charge in [-0.3, -0.25) is 20.0 Å². The van der Waals surface area contributed by atoms with Crippen molar-refractivity contribution >= 4 is 47.2 Å². The molecule has 0 aromatic carbocycles. The van der Waals surface area contributed by atoms with Crippen molar-refractivity contribution in [2.24, 2.45) is 20.0 Å². The Balaban J connectivity index is 0.000000729. The van der Waals surface area contributed by atoms with Crippen LogP contribution in [0.25, 0.3) is 0 Å². The summed E-state index contributed by atoms with van der Waals surface area (Å²) in [5.74, 6) is -5.28. The second-order valence-electron chi connectivity index (χ2n) is 11.8. The Morgan fingerprint density at radius 1 is 0.439 bits per heavy atom. The molecule has 0 heterocycles. The van der Waals surface area contributed by atoms with Gasteiger partial charge in [0.05, 0.1) is 26.2 Å². The van der Waals surface area contributed by atoms with Gasteiger partial charge in [0.2, 0.25) is 0 Å². The van der Waals surface area contributed by atoms with Crippen molar-refractivity contribution in [3.63, 3.8) is 0 Å². The molecule has 16 nitrogen and oxygen atoms in total. The van der Waals surface area contributed by atoms with Gasteiger partial charge in [0.25, 0.3) is 0 Å². The van der Waals surface area contributed by atoms with Crippen molar-refractivity contribution in [2.75, 3.05) is 52.4 Å². The summed E-state index contributed by atoms with van der Waals surface area (Å²) in [5.41, 5.74) is 4.45. The number of hydrogen-bond donors (Lipinski definition) is 4. The number of nitrogens with zero attached hydrogens (tertiary/aromatic N) is 4. The fourth-order valence-corrected chi connectivity index (χ4v) is 4.60. The van der Waals surface area contributed by atoms with Gasteiger partial charge in [0.15, 0.2) is 0 Å². The summed E-state index contributed by atoms with van der Waals surface area (Å²) in [4.78, 5) is 57.9. The van der Waals surface area contributed by atoms with Gasteiger partial charge in [-0.2, -0.15) is 0 Å². The number of carbonyl (C=O) groups excluding carboxylic acids is 4. The van der Waals surface area contributed by atoms with E-state index in [1.807, 2.05) is 101 Å². The maximum Gasteiger partial charge on any atom is 4.00 e. The van der Waals surface area contributed by atoms with Gasteiger partial charge in [-0.15, -0.1) is 0 Å². The van der Waals surface area contributed by atoms with Crippen LogP contribution in [0.3, 0.4) is 0 Å². The van der Waals surface area contributed by atoms with E-state index in [-0.39, 0.29) is 42.8 Å². The van der Waals surface area contributed by atoms with Gasteiger partial charge in [0, 0.05) is 26.2 Å². The second-order valence-corrected chi connectivity index (χ2v) is 11.8. The fourth-order valence-electron chi connectivity index (χ4n) is 4.60. The van der Waals surface area contributed by atoms with Gasteiger partial charge < -0.3 is 60.9 Å². The zero-order valence-electron chi connectivity index (χ0n) is 32.8. The Hall–Kier alpha value is -5.70. The Bertz CT molecular complexity index is 1470. The van der Waals surface area contributed by atoms with Crippen LogP contribution in [-0.4, -0.2) is 99.6 Å². The molecule has 0 bridgehead atoms. The predicted molar refractivity (Wildman–Crippen MR) is 211 cm³/mol. The summed E-state index contributed by atoms with van der Waals surface area (Å²) in [6, 6.07) is 0. The molecule has 4 aliphatic rings. The molecule has 0 spiro atoms. The van der Waals surface area contributed by atoms with Crippen molar-refractivity contribution < 1.29 is 59.1 Å². The predicted octanol–water partition coefficient (Wildman–Crippen LogP) is -1.48. The van der Waals surface area contributed by atoms with Crippen LogP contribution in [0.4, 0.5) is 0 Å². The molecule has 4 aliphatic carbocycles. The van der Waals surface area contributed by atoms with Gasteiger partial charge in [-0.05, 0) is 75.7 Å². The molecule has 0 fully saturated rings. The number of carboxylic acids is 4. The minimum absolute atomic E-state index is 0. The van der Waals surface area contributed by atoms with Crippen LogP contribution in [-0.2, 0) is 38.7 Å². The Labute approximate surface area is 347 Å². The number of rotatable bonds is 12. The first kappa shape index (κ1) is 51.3. The summed E-state index contributed by atoms with van der Waals surface area (Å²) in [6.07, 6.45) is 27.0. The van der Waals surface area contributed by atoms with Crippen LogP contribution in [0.15, 0.2) is 115 Å². The molecule has 0 amide bonds. The third-order valence-corrected chi connectivity index (χ3v) is 7.30. The van der Waals surface area contributed by atoms with Crippen LogP contribution in [0.5, 0.6) is 0 Å². The third-order valence-electron chi connectivity index (χ3n) is 7.30. The van der Waals surface area contributed by atoms with E-state index < -0.39 is 23.9 Å². The summed E-state index contributed by atoms with van der Waals surface area (Å²) >= 11 is 0. The number of aliphatic carboxylic acids is 4. The summed E-state index contributed by atoms with van der Waals surface area (Å²) in [7, 11) is 0. The molecule has 0 unspecified atom stereocenters. The zero-order chi connectivity index (χ0) is 41.6. The molecule has 0 saturated heterocycles. The third kappa shape index (κ3) is 23.7. The maximum atomic E-state index is 10.6. The number of allylic oxidation sites excluding steroid dienone is 12. The molecule has 4 N–H and O–H groups in total. The normalized spacial score (nSPS) is 15.2. The number of carbonyl (C=O) groups is 4. The molecule has 0 atom stereocenters. The van der Waals surface area contributed by atoms with E-state index in [2.05, 4.69) is 41.2 Å². The molecule has 17 heteroatoms. The van der Waals surface area contributed by atoms with Gasteiger partial charge >= 0.3 is 19.5 Å². The van der Waals surface area contributed by atoms with Crippen molar-refractivity contribution in [3.8, 4) is 0 Å². The van der Waals surface area contributed by atoms with Gasteiger partial charge in [-0.1, -0.05) is 72.9 Å². The average Bonchev–Trinajstić information content (AvgIpc) is 4.02. The number of hydrogen-bond acceptors (Lipinski definition) is 12. The van der Waals surface area contributed by atoms with E-state index in [4.69, 9.17) is 0 Å². The largest absolute Gasteiger partial charge is 4.00 e. The van der Waals surface area contributed by atoms with Crippen LogP contribution in [0, 0.1) is 0 Å². The van der Waals surface area contributed by atoms with E-state index in [1.54, 1.807) is 0 Å². The number of carboxylic acid groups (broad SMARTS) is 4. The summed E-state index contributed by atoms with van der Waals surface area (Å²) < 4.78 is 0. The minimum Gasteiger partial charge on any atom is -0.542 e. The van der Waals surface area contributed by atoms with Crippen LogP contribution >= 0.6 is 0 Å². The zero-order valence-corrected chi connectivity index (χ0v) is 34.6. The van der Waals surface area contributed by atoms with Gasteiger partial charge in [-0.25, -0.2) is 0 Å². The standard InChI is InChI=1S/4C10H14N2O2.Ru/c4*1-2-11-9(10(13)14)12-7-8-5-3-4-6-8;/h4*3-5H,2,6-7H2,1H3,(H,11,12)(H,13,14);/q;;;;+4/p-4. The first-order valence-corrected chi connectivity index (χ1v) is 18.3. The fraction of sp³-hybridized carbons (Fsp3) is 0.400. The molecule has 4 rings (SSSR count). The molecule has 57 heavy (non-hydrogen) atoms. The monoisotopic (exact) mass is 874 g/mol. The SMILES string of the molecule is CCNC(=NCC1=CC=CC1)C(=O)[O-].CCNC(=NCC1=CC=CC1)C(=O)[O-].CCNC(=NCC1=CC=CC1)C(=O)[O-].CCNC(=NCC1=CC=CC1)C(=O)[O-].[Ru+4]. The summed E-state index contributed by atoms with van der Waals surface area (Å²) in [6.45, 7) is 11.1. The van der Waals surface area contributed by atoms with E-state index >= 15 is 0 Å². The number of amidine groups is 4. The van der Waals surface area contributed by atoms with Crippen LogP contribution in [0.2, 0.25) is 0 Å². The van der Waals surface area contributed by atoms with Gasteiger partial charge in [0.1, 0.15) is 47.2 Å². The summed E-state index contributed by atoms with van der Waals surface area (Å²) in [5, 5.41) is 52.8. The van der Waals surface area contributed by atoms with Crippen molar-refractivity contribution in [1.82, 2.24) is 21.3 Å². The average molecular weight is 874 g/mol. The first-order valence-electron chi connectivity index (χ1n) is 18.3. The van der Waals surface area contributed by atoms with E-state index in [9.17, 15) is 39.6 Å². The number of nitrogens with one attached hydrogen (secondary N) is 4. The first-order chi connectivity index (χ1) is 26.9. The Morgan fingerprint density at radius 3 is 0.754 bits per heavy atom. The van der Waals surface area contributed by atoms with Crippen LogP contribution < -0.4 is 41.7 Å². The molecular weight excluding hydrogens is 822 g/mol.